The van der Waals surface area contributed by atoms with Crippen molar-refractivity contribution in [3.05, 3.63) is 82.0 Å². The highest BCUT2D eigenvalue weighted by atomic mass is 32.1. The van der Waals surface area contributed by atoms with E-state index in [-0.39, 0.29) is 0 Å². The number of fused-ring (bicyclic) bond motifs is 1. The van der Waals surface area contributed by atoms with E-state index in [0.717, 1.165) is 6.54 Å². The van der Waals surface area contributed by atoms with Crippen LogP contribution in [0.4, 0.5) is 5.69 Å². The molecule has 1 aromatic heterocycles. The van der Waals surface area contributed by atoms with Crippen LogP contribution in [0.3, 0.4) is 0 Å². The maximum Gasteiger partial charge on any atom is 0.262 e. The second-order valence-corrected chi connectivity index (χ2v) is 9.83. The Morgan fingerprint density at radius 2 is 1.78 bits per heavy atom. The highest BCUT2D eigenvalue weighted by Gasteiger charge is 2.19. The lowest BCUT2D eigenvalue weighted by atomic mass is 9.95. The Bertz CT molecular complexity index is 1170. The zero-order valence-corrected chi connectivity index (χ0v) is 20.7. The molecule has 3 heteroatoms. The van der Waals surface area contributed by atoms with Gasteiger partial charge >= 0.3 is 0 Å². The Morgan fingerprint density at radius 3 is 2.56 bits per heavy atom. The third kappa shape index (κ3) is 4.88. The van der Waals surface area contributed by atoms with Crippen molar-refractivity contribution in [2.75, 3.05) is 11.9 Å². The molecule has 0 N–H and O–H groups in total. The molecule has 0 atom stereocenters. The molecule has 166 valence electrons. The third-order valence-electron chi connectivity index (χ3n) is 6.60. The molecule has 4 rings (SSSR count). The molecular weight excluding hydrogens is 408 g/mol. The van der Waals surface area contributed by atoms with E-state index in [9.17, 15) is 0 Å². The molecule has 0 aliphatic heterocycles. The molecule has 3 aromatic rings. The molecule has 0 unspecified atom stereocenters. The van der Waals surface area contributed by atoms with Crippen molar-refractivity contribution in [3.8, 4) is 0 Å². The molecule has 0 radical (unpaired) electrons. The molecule has 0 bridgehead atoms. The maximum atomic E-state index is 2.45. The van der Waals surface area contributed by atoms with E-state index in [0.29, 0.717) is 0 Å². The van der Waals surface area contributed by atoms with Crippen LogP contribution in [0.25, 0.3) is 22.4 Å². The predicted molar refractivity (Wildman–Crippen MR) is 141 cm³/mol. The summed E-state index contributed by atoms with van der Waals surface area (Å²) in [5, 5.41) is 1.32. The Hall–Kier alpha value is -2.65. The smallest absolute Gasteiger partial charge is 0.262 e. The van der Waals surface area contributed by atoms with Gasteiger partial charge in [0.1, 0.15) is 11.2 Å². The number of hydrogen-bond donors (Lipinski definition) is 0. The van der Waals surface area contributed by atoms with Gasteiger partial charge in [0.05, 0.1) is 0 Å². The number of para-hydroxylation sites is 1. The topological polar surface area (TPSA) is 7.12 Å². The van der Waals surface area contributed by atoms with Gasteiger partial charge < -0.3 is 4.90 Å². The molecule has 0 amide bonds. The summed E-state index contributed by atoms with van der Waals surface area (Å²) in [6.45, 7) is 7.58. The largest absolute Gasteiger partial charge is 0.351 e. The van der Waals surface area contributed by atoms with Crippen LogP contribution in [0, 0.1) is 13.8 Å². The summed E-state index contributed by atoms with van der Waals surface area (Å²) in [5.41, 5.74) is 8.11. The van der Waals surface area contributed by atoms with E-state index in [1.54, 1.807) is 5.57 Å². The number of allylic oxidation sites excluding steroid dienone is 3. The van der Waals surface area contributed by atoms with Crippen molar-refractivity contribution in [2.45, 2.75) is 59.4 Å². The number of nitrogens with zero attached hydrogens (tertiary/aromatic N) is 2. The number of anilines is 1. The van der Waals surface area contributed by atoms with Crippen molar-refractivity contribution in [1.82, 2.24) is 0 Å². The van der Waals surface area contributed by atoms with Gasteiger partial charge in [0.2, 0.25) is 5.52 Å². The Morgan fingerprint density at radius 1 is 1.00 bits per heavy atom. The number of thiazole rings is 1. The summed E-state index contributed by atoms with van der Waals surface area (Å²) in [5.74, 6) is 0. The minimum Gasteiger partial charge on any atom is -0.351 e. The van der Waals surface area contributed by atoms with Gasteiger partial charge in [0, 0.05) is 30.6 Å². The van der Waals surface area contributed by atoms with Crippen LogP contribution in [0.1, 0.15) is 60.7 Å². The van der Waals surface area contributed by atoms with Crippen LogP contribution in [0.5, 0.6) is 0 Å². The molecule has 2 nitrogen and oxygen atoms in total. The zero-order valence-electron chi connectivity index (χ0n) is 19.9. The van der Waals surface area contributed by atoms with Gasteiger partial charge in [0.15, 0.2) is 0 Å². The molecule has 1 aliphatic carbocycles. The number of aromatic nitrogens is 1. The quantitative estimate of drug-likeness (QED) is 0.352. The first-order chi connectivity index (χ1) is 15.6. The molecule has 0 saturated heterocycles. The Labute approximate surface area is 197 Å². The highest BCUT2D eigenvalue weighted by molar-refractivity contribution is 7.18. The van der Waals surface area contributed by atoms with Gasteiger partial charge in [-0.15, -0.1) is 0 Å². The Balaban J connectivity index is 1.64. The van der Waals surface area contributed by atoms with Crippen LogP contribution in [-0.4, -0.2) is 7.05 Å². The van der Waals surface area contributed by atoms with E-state index < -0.39 is 0 Å². The second kappa shape index (κ2) is 10.3. The lowest BCUT2D eigenvalue weighted by Gasteiger charge is -2.18. The fourth-order valence-electron chi connectivity index (χ4n) is 4.59. The number of benzene rings is 2. The predicted octanol–water partition coefficient (Wildman–Crippen LogP) is 7.84. The normalized spacial score (nSPS) is 14.7. The van der Waals surface area contributed by atoms with E-state index in [4.69, 9.17) is 0 Å². The van der Waals surface area contributed by atoms with E-state index in [1.807, 2.05) is 11.3 Å². The average Bonchev–Trinajstić information content (AvgIpc) is 3.18. The highest BCUT2D eigenvalue weighted by Crippen LogP contribution is 2.27. The molecule has 0 spiro atoms. The SMILES string of the molecule is CC[n+]1c(/C=C/C=C2CCCCC2)sc2cccc(/C=C/N(C)c3cccc(C)c3C)c21. The van der Waals surface area contributed by atoms with Crippen LogP contribution >= 0.6 is 11.3 Å². The fourth-order valence-corrected chi connectivity index (χ4v) is 5.76. The summed E-state index contributed by atoms with van der Waals surface area (Å²) in [6.07, 6.45) is 18.0. The molecule has 1 aliphatic rings. The third-order valence-corrected chi connectivity index (χ3v) is 7.71. The van der Waals surface area contributed by atoms with Gasteiger partial charge in [-0.3, -0.25) is 0 Å². The molecule has 2 aromatic carbocycles. The summed E-state index contributed by atoms with van der Waals surface area (Å²) < 4.78 is 3.79. The molecular formula is C29H35N2S+. The summed E-state index contributed by atoms with van der Waals surface area (Å²) in [6, 6.07) is 13.1. The van der Waals surface area contributed by atoms with Crippen molar-refractivity contribution in [3.63, 3.8) is 0 Å². The van der Waals surface area contributed by atoms with Crippen molar-refractivity contribution in [1.29, 1.82) is 0 Å². The van der Waals surface area contributed by atoms with Gasteiger partial charge in [-0.05, 0) is 81.9 Å². The van der Waals surface area contributed by atoms with Gasteiger partial charge in [-0.25, -0.2) is 0 Å². The van der Waals surface area contributed by atoms with Gasteiger partial charge in [-0.1, -0.05) is 53.7 Å². The van der Waals surface area contributed by atoms with Crippen LogP contribution in [-0.2, 0) is 6.54 Å². The van der Waals surface area contributed by atoms with Crippen molar-refractivity contribution < 1.29 is 4.57 Å². The number of rotatable bonds is 6. The lowest BCUT2D eigenvalue weighted by molar-refractivity contribution is -0.665. The summed E-state index contributed by atoms with van der Waals surface area (Å²) in [7, 11) is 2.13. The molecule has 32 heavy (non-hydrogen) atoms. The minimum atomic E-state index is 0.966. The summed E-state index contributed by atoms with van der Waals surface area (Å²) in [4.78, 5) is 2.22. The number of hydrogen-bond acceptors (Lipinski definition) is 2. The van der Waals surface area contributed by atoms with Gasteiger partial charge in [-0.2, -0.15) is 4.57 Å². The monoisotopic (exact) mass is 443 g/mol. The van der Waals surface area contributed by atoms with E-state index in [1.165, 1.54) is 69.7 Å². The molecule has 1 heterocycles. The van der Waals surface area contributed by atoms with E-state index in [2.05, 4.69) is 104 Å². The first kappa shape index (κ1) is 22.5. The van der Waals surface area contributed by atoms with Gasteiger partial charge in [0.25, 0.3) is 5.01 Å². The standard InChI is InChI=1S/C29H35N2S/c1-5-31-28(19-10-15-24-13-7-6-8-14-24)32-27-18-11-16-25(29(27)31)20-21-30(4)26-17-9-12-22(2)23(26)3/h9-12,15-21H,5-8,13-14H2,1-4H3/q+1/b19-10+,21-20+. The van der Waals surface area contributed by atoms with Crippen molar-refractivity contribution >= 4 is 39.4 Å². The Kier molecular flexibility index (Phi) is 7.26. The van der Waals surface area contributed by atoms with Crippen LogP contribution in [0.2, 0.25) is 0 Å². The zero-order chi connectivity index (χ0) is 22.5. The van der Waals surface area contributed by atoms with Crippen molar-refractivity contribution in [2.24, 2.45) is 0 Å². The number of aryl methyl sites for hydroxylation is 2. The molecule has 1 saturated carbocycles. The first-order valence-electron chi connectivity index (χ1n) is 11.9. The fraction of sp³-hybridized carbons (Fsp3) is 0.345. The maximum absolute atomic E-state index is 2.45. The lowest BCUT2D eigenvalue weighted by Crippen LogP contribution is -2.34. The second-order valence-electron chi connectivity index (χ2n) is 8.77. The van der Waals surface area contributed by atoms with Crippen LogP contribution < -0.4 is 9.47 Å². The first-order valence-corrected chi connectivity index (χ1v) is 12.7. The summed E-state index contributed by atoms with van der Waals surface area (Å²) >= 11 is 1.88. The average molecular weight is 444 g/mol. The minimum absolute atomic E-state index is 0.966. The van der Waals surface area contributed by atoms with E-state index >= 15 is 0 Å². The molecule has 1 fully saturated rings. The van der Waals surface area contributed by atoms with Crippen LogP contribution in [0.15, 0.2) is 60.3 Å².